The van der Waals surface area contributed by atoms with Gasteiger partial charge in [0.05, 0.1) is 11.7 Å². The SMILES string of the molecule is Cc1cc(C2CCCN2C(=O)CCC(C)CCN)on1. The summed E-state index contributed by atoms with van der Waals surface area (Å²) >= 11 is 0. The third-order valence-electron chi connectivity index (χ3n) is 4.06. The van der Waals surface area contributed by atoms with Crippen molar-refractivity contribution in [3.63, 3.8) is 0 Å². The minimum atomic E-state index is 0.0773. The predicted octanol–water partition coefficient (Wildman–Crippen LogP) is 2.41. The molecule has 0 bridgehead atoms. The Kier molecular flexibility index (Phi) is 5.17. The van der Waals surface area contributed by atoms with E-state index in [0.717, 1.165) is 43.7 Å². The van der Waals surface area contributed by atoms with Crippen LogP contribution in [-0.4, -0.2) is 29.1 Å². The van der Waals surface area contributed by atoms with Crippen LogP contribution in [0, 0.1) is 12.8 Å². The molecule has 2 rings (SSSR count). The number of likely N-dealkylation sites (tertiary alicyclic amines) is 1. The zero-order chi connectivity index (χ0) is 14.5. The van der Waals surface area contributed by atoms with Crippen molar-refractivity contribution in [3.8, 4) is 0 Å². The lowest BCUT2D eigenvalue weighted by Gasteiger charge is -2.23. The molecule has 1 aliphatic heterocycles. The fourth-order valence-electron chi connectivity index (χ4n) is 2.84. The molecular weight excluding hydrogens is 254 g/mol. The summed E-state index contributed by atoms with van der Waals surface area (Å²) in [6, 6.07) is 2.02. The van der Waals surface area contributed by atoms with Crippen molar-refractivity contribution in [2.24, 2.45) is 11.7 Å². The van der Waals surface area contributed by atoms with Crippen molar-refractivity contribution >= 4 is 5.91 Å². The van der Waals surface area contributed by atoms with Crippen LogP contribution in [0.2, 0.25) is 0 Å². The van der Waals surface area contributed by atoms with Crippen molar-refractivity contribution < 1.29 is 9.32 Å². The summed E-state index contributed by atoms with van der Waals surface area (Å²) in [6.45, 7) is 5.58. The highest BCUT2D eigenvalue weighted by atomic mass is 16.5. The molecule has 2 unspecified atom stereocenters. The summed E-state index contributed by atoms with van der Waals surface area (Å²) < 4.78 is 5.33. The van der Waals surface area contributed by atoms with Crippen LogP contribution in [0.4, 0.5) is 0 Å². The number of rotatable bonds is 6. The van der Waals surface area contributed by atoms with Gasteiger partial charge in [0.15, 0.2) is 5.76 Å². The van der Waals surface area contributed by atoms with Gasteiger partial charge >= 0.3 is 0 Å². The van der Waals surface area contributed by atoms with Crippen molar-refractivity contribution in [2.75, 3.05) is 13.1 Å². The number of aromatic nitrogens is 1. The smallest absolute Gasteiger partial charge is 0.223 e. The number of aryl methyl sites for hydroxylation is 1. The topological polar surface area (TPSA) is 72.4 Å². The highest BCUT2D eigenvalue weighted by molar-refractivity contribution is 5.76. The summed E-state index contributed by atoms with van der Waals surface area (Å²) in [6.07, 6.45) is 4.50. The average molecular weight is 279 g/mol. The van der Waals surface area contributed by atoms with E-state index in [9.17, 15) is 4.79 Å². The number of amides is 1. The fourth-order valence-corrected chi connectivity index (χ4v) is 2.84. The molecule has 20 heavy (non-hydrogen) atoms. The largest absolute Gasteiger partial charge is 0.359 e. The molecule has 0 saturated carbocycles. The molecule has 5 nitrogen and oxygen atoms in total. The molecule has 2 atom stereocenters. The van der Waals surface area contributed by atoms with Crippen molar-refractivity contribution in [1.82, 2.24) is 10.1 Å². The normalized spacial score (nSPS) is 20.4. The van der Waals surface area contributed by atoms with Gasteiger partial charge in [-0.1, -0.05) is 12.1 Å². The summed E-state index contributed by atoms with van der Waals surface area (Å²) in [5.41, 5.74) is 6.41. The Bertz CT molecular complexity index is 444. The van der Waals surface area contributed by atoms with Crippen LogP contribution >= 0.6 is 0 Å². The van der Waals surface area contributed by atoms with Gasteiger partial charge in [-0.2, -0.15) is 0 Å². The Morgan fingerprint density at radius 2 is 2.40 bits per heavy atom. The van der Waals surface area contributed by atoms with Gasteiger partial charge in [0.25, 0.3) is 0 Å². The van der Waals surface area contributed by atoms with Crippen molar-refractivity contribution in [2.45, 2.75) is 52.0 Å². The molecule has 1 aromatic rings. The van der Waals surface area contributed by atoms with E-state index in [0.29, 0.717) is 18.9 Å². The maximum atomic E-state index is 12.4. The lowest BCUT2D eigenvalue weighted by Crippen LogP contribution is -2.30. The van der Waals surface area contributed by atoms with Crippen LogP contribution in [0.5, 0.6) is 0 Å². The minimum Gasteiger partial charge on any atom is -0.359 e. The molecule has 1 aliphatic rings. The third-order valence-corrected chi connectivity index (χ3v) is 4.06. The van der Waals surface area contributed by atoms with E-state index in [1.807, 2.05) is 17.9 Å². The zero-order valence-corrected chi connectivity index (χ0v) is 12.5. The standard InChI is InChI=1S/C15H25N3O2/c1-11(7-8-16)5-6-15(19)18-9-3-4-13(18)14-10-12(2)17-20-14/h10-11,13H,3-9,16H2,1-2H3. The second-order valence-electron chi connectivity index (χ2n) is 5.84. The molecule has 0 aliphatic carbocycles. The summed E-state index contributed by atoms with van der Waals surface area (Å²) in [5, 5.41) is 3.93. The maximum absolute atomic E-state index is 12.4. The molecule has 0 spiro atoms. The van der Waals surface area contributed by atoms with E-state index in [4.69, 9.17) is 10.3 Å². The van der Waals surface area contributed by atoms with Gasteiger partial charge in [-0.3, -0.25) is 4.79 Å². The summed E-state index contributed by atoms with van der Waals surface area (Å²) in [7, 11) is 0. The number of nitrogens with two attached hydrogens (primary N) is 1. The molecule has 2 heterocycles. The van der Waals surface area contributed by atoms with Gasteiger partial charge < -0.3 is 15.2 Å². The average Bonchev–Trinajstić information content (AvgIpc) is 3.04. The van der Waals surface area contributed by atoms with E-state index >= 15 is 0 Å². The van der Waals surface area contributed by atoms with Crippen LogP contribution in [0.25, 0.3) is 0 Å². The van der Waals surface area contributed by atoms with Gasteiger partial charge in [0, 0.05) is 19.0 Å². The number of hydrogen-bond donors (Lipinski definition) is 1. The van der Waals surface area contributed by atoms with Crippen LogP contribution in [0.1, 0.15) is 56.5 Å². The molecule has 5 heteroatoms. The van der Waals surface area contributed by atoms with Crippen LogP contribution in [0.15, 0.2) is 10.6 Å². The van der Waals surface area contributed by atoms with Crippen molar-refractivity contribution in [1.29, 1.82) is 0 Å². The predicted molar refractivity (Wildman–Crippen MR) is 77.0 cm³/mol. The van der Waals surface area contributed by atoms with E-state index in [1.54, 1.807) is 0 Å². The number of hydrogen-bond acceptors (Lipinski definition) is 4. The number of carbonyl (C=O) groups is 1. The van der Waals surface area contributed by atoms with Gasteiger partial charge in [0.1, 0.15) is 0 Å². The zero-order valence-electron chi connectivity index (χ0n) is 12.5. The Balaban J connectivity index is 1.91. The Hall–Kier alpha value is -1.36. The lowest BCUT2D eigenvalue weighted by atomic mass is 10.0. The van der Waals surface area contributed by atoms with E-state index < -0.39 is 0 Å². The number of nitrogens with zero attached hydrogens (tertiary/aromatic N) is 2. The number of carbonyl (C=O) groups excluding carboxylic acids is 1. The van der Waals surface area contributed by atoms with Crippen LogP contribution in [0.3, 0.4) is 0 Å². The highest BCUT2D eigenvalue weighted by Gasteiger charge is 2.32. The van der Waals surface area contributed by atoms with Crippen LogP contribution < -0.4 is 5.73 Å². The van der Waals surface area contributed by atoms with Gasteiger partial charge in [0.2, 0.25) is 5.91 Å². The Morgan fingerprint density at radius 3 is 3.05 bits per heavy atom. The Morgan fingerprint density at radius 1 is 1.60 bits per heavy atom. The second-order valence-corrected chi connectivity index (χ2v) is 5.84. The van der Waals surface area contributed by atoms with Gasteiger partial charge in [-0.25, -0.2) is 0 Å². The first-order valence-corrected chi connectivity index (χ1v) is 7.54. The lowest BCUT2D eigenvalue weighted by molar-refractivity contribution is -0.132. The quantitative estimate of drug-likeness (QED) is 0.868. The minimum absolute atomic E-state index is 0.0773. The van der Waals surface area contributed by atoms with E-state index in [1.165, 1.54) is 0 Å². The fraction of sp³-hybridized carbons (Fsp3) is 0.733. The monoisotopic (exact) mass is 279 g/mol. The molecule has 112 valence electrons. The van der Waals surface area contributed by atoms with Crippen molar-refractivity contribution in [3.05, 3.63) is 17.5 Å². The highest BCUT2D eigenvalue weighted by Crippen LogP contribution is 2.33. The molecule has 0 aromatic carbocycles. The first kappa shape index (κ1) is 15.0. The van der Waals surface area contributed by atoms with Crippen LogP contribution in [-0.2, 0) is 4.79 Å². The van der Waals surface area contributed by atoms with Gasteiger partial charge in [-0.15, -0.1) is 0 Å². The molecule has 0 radical (unpaired) electrons. The van der Waals surface area contributed by atoms with Gasteiger partial charge in [-0.05, 0) is 45.1 Å². The van der Waals surface area contributed by atoms with E-state index in [-0.39, 0.29) is 11.9 Å². The molecule has 1 saturated heterocycles. The Labute approximate surface area is 120 Å². The summed E-state index contributed by atoms with van der Waals surface area (Å²) in [5.74, 6) is 1.56. The molecule has 1 amide bonds. The summed E-state index contributed by atoms with van der Waals surface area (Å²) in [4.78, 5) is 14.3. The maximum Gasteiger partial charge on any atom is 0.223 e. The molecular formula is C15H25N3O2. The second kappa shape index (κ2) is 6.88. The third kappa shape index (κ3) is 3.60. The van der Waals surface area contributed by atoms with E-state index in [2.05, 4.69) is 12.1 Å². The first-order chi connectivity index (χ1) is 9.61. The first-order valence-electron chi connectivity index (χ1n) is 7.54. The molecule has 1 aromatic heterocycles. The molecule has 2 N–H and O–H groups in total. The molecule has 1 fully saturated rings.